The minimum Gasteiger partial charge on any atom is -0.349 e. The lowest BCUT2D eigenvalue weighted by Crippen LogP contribution is -2.28. The third-order valence-electron chi connectivity index (χ3n) is 3.30. The van der Waals surface area contributed by atoms with Gasteiger partial charge in [-0.05, 0) is 37.0 Å². The SMILES string of the molecule is Cc1c(C(=O)NC2CC2C)cc(Cl)cc1S(N)(=O)=O. The first-order valence-electron chi connectivity index (χ1n) is 5.84. The molecule has 0 heterocycles. The quantitative estimate of drug-likeness (QED) is 0.885. The largest absolute Gasteiger partial charge is 0.349 e. The molecule has 1 fully saturated rings. The van der Waals surface area contributed by atoms with Gasteiger partial charge in [-0.2, -0.15) is 0 Å². The zero-order chi connectivity index (χ0) is 14.4. The Morgan fingerprint density at radius 3 is 2.53 bits per heavy atom. The van der Waals surface area contributed by atoms with Crippen LogP contribution in [-0.2, 0) is 10.0 Å². The van der Waals surface area contributed by atoms with Gasteiger partial charge in [0.05, 0.1) is 4.90 Å². The average molecular weight is 303 g/mol. The van der Waals surface area contributed by atoms with E-state index in [4.69, 9.17) is 16.7 Å². The Kier molecular flexibility index (Phi) is 3.59. The van der Waals surface area contributed by atoms with Crippen molar-refractivity contribution >= 4 is 27.5 Å². The third-order valence-corrected chi connectivity index (χ3v) is 4.56. The summed E-state index contributed by atoms with van der Waals surface area (Å²) < 4.78 is 22.9. The first kappa shape index (κ1) is 14.3. The molecule has 1 aromatic rings. The van der Waals surface area contributed by atoms with Crippen molar-refractivity contribution in [2.24, 2.45) is 11.1 Å². The molecular formula is C12H15ClN2O3S. The molecule has 1 aliphatic rings. The molecule has 2 atom stereocenters. The Hall–Kier alpha value is -1.11. The topological polar surface area (TPSA) is 89.3 Å². The van der Waals surface area contributed by atoms with Crippen molar-refractivity contribution in [2.75, 3.05) is 0 Å². The summed E-state index contributed by atoms with van der Waals surface area (Å²) in [5.41, 5.74) is 0.563. The van der Waals surface area contributed by atoms with Gasteiger partial charge in [0.25, 0.3) is 5.91 Å². The lowest BCUT2D eigenvalue weighted by molar-refractivity contribution is 0.0948. The fourth-order valence-electron chi connectivity index (χ4n) is 1.95. The van der Waals surface area contributed by atoms with Crippen molar-refractivity contribution in [1.29, 1.82) is 0 Å². The highest BCUT2D eigenvalue weighted by molar-refractivity contribution is 7.89. The van der Waals surface area contributed by atoms with Gasteiger partial charge >= 0.3 is 0 Å². The van der Waals surface area contributed by atoms with Gasteiger partial charge in [-0.3, -0.25) is 4.79 Å². The summed E-state index contributed by atoms with van der Waals surface area (Å²) in [4.78, 5) is 12.0. The van der Waals surface area contributed by atoms with Gasteiger partial charge in [0, 0.05) is 16.6 Å². The van der Waals surface area contributed by atoms with E-state index in [0.717, 1.165) is 6.42 Å². The molecule has 2 rings (SSSR count). The second-order valence-corrected chi connectivity index (χ2v) is 6.88. The highest BCUT2D eigenvalue weighted by Gasteiger charge is 2.34. The van der Waals surface area contributed by atoms with Gasteiger partial charge in [-0.15, -0.1) is 0 Å². The molecule has 2 unspecified atom stereocenters. The summed E-state index contributed by atoms with van der Waals surface area (Å²) in [5, 5.41) is 8.12. The summed E-state index contributed by atoms with van der Waals surface area (Å²) in [6.45, 7) is 3.58. The number of benzene rings is 1. The van der Waals surface area contributed by atoms with E-state index in [-0.39, 0.29) is 27.4 Å². The maximum Gasteiger partial charge on any atom is 0.251 e. The molecule has 1 aromatic carbocycles. The predicted octanol–water partition coefficient (Wildman–Crippen LogP) is 1.43. The molecule has 0 spiro atoms. The van der Waals surface area contributed by atoms with Crippen molar-refractivity contribution in [3.05, 3.63) is 28.3 Å². The van der Waals surface area contributed by atoms with Gasteiger partial charge in [0.15, 0.2) is 0 Å². The van der Waals surface area contributed by atoms with E-state index < -0.39 is 10.0 Å². The first-order chi connectivity index (χ1) is 8.70. The molecule has 0 bridgehead atoms. The molecule has 1 saturated carbocycles. The second kappa shape index (κ2) is 4.77. The van der Waals surface area contributed by atoms with Gasteiger partial charge < -0.3 is 5.32 Å². The van der Waals surface area contributed by atoms with Gasteiger partial charge in [-0.25, -0.2) is 13.6 Å². The number of nitrogens with two attached hydrogens (primary N) is 1. The van der Waals surface area contributed by atoms with Crippen LogP contribution in [0.15, 0.2) is 17.0 Å². The number of amides is 1. The van der Waals surface area contributed by atoms with E-state index in [1.165, 1.54) is 12.1 Å². The number of hydrogen-bond donors (Lipinski definition) is 2. The molecule has 0 radical (unpaired) electrons. The Bertz CT molecular complexity index is 643. The number of rotatable bonds is 3. The number of carbonyl (C=O) groups excluding carboxylic acids is 1. The van der Waals surface area contributed by atoms with Gasteiger partial charge in [-0.1, -0.05) is 18.5 Å². The average Bonchev–Trinajstić information content (AvgIpc) is 2.95. The Labute approximate surface area is 117 Å². The minimum atomic E-state index is -3.90. The number of carbonyl (C=O) groups is 1. The smallest absolute Gasteiger partial charge is 0.251 e. The first-order valence-corrected chi connectivity index (χ1v) is 7.76. The van der Waals surface area contributed by atoms with Crippen LogP contribution in [-0.4, -0.2) is 20.4 Å². The van der Waals surface area contributed by atoms with E-state index in [1.54, 1.807) is 6.92 Å². The summed E-state index contributed by atoms with van der Waals surface area (Å²) in [6, 6.07) is 2.86. The summed E-state index contributed by atoms with van der Waals surface area (Å²) in [5.74, 6) is 0.139. The van der Waals surface area contributed by atoms with Crippen LogP contribution in [0.25, 0.3) is 0 Å². The minimum absolute atomic E-state index is 0.117. The number of hydrogen-bond acceptors (Lipinski definition) is 3. The van der Waals surface area contributed by atoms with E-state index in [9.17, 15) is 13.2 Å². The van der Waals surface area contributed by atoms with E-state index in [1.807, 2.05) is 6.92 Å². The Morgan fingerprint density at radius 1 is 1.47 bits per heavy atom. The lowest BCUT2D eigenvalue weighted by atomic mass is 10.1. The van der Waals surface area contributed by atoms with Crippen molar-refractivity contribution in [3.63, 3.8) is 0 Å². The Morgan fingerprint density at radius 2 is 2.05 bits per heavy atom. The lowest BCUT2D eigenvalue weighted by Gasteiger charge is -2.11. The molecule has 7 heteroatoms. The fraction of sp³-hybridized carbons (Fsp3) is 0.417. The van der Waals surface area contributed by atoms with Crippen molar-refractivity contribution in [2.45, 2.75) is 31.2 Å². The van der Waals surface area contributed by atoms with Crippen molar-refractivity contribution < 1.29 is 13.2 Å². The van der Waals surface area contributed by atoms with Crippen LogP contribution in [0.4, 0.5) is 0 Å². The zero-order valence-electron chi connectivity index (χ0n) is 10.6. The maximum absolute atomic E-state index is 12.1. The molecule has 0 saturated heterocycles. The second-order valence-electron chi connectivity index (χ2n) is 4.91. The van der Waals surface area contributed by atoms with Gasteiger partial charge in [0.2, 0.25) is 10.0 Å². The Balaban J connectivity index is 2.40. The molecule has 1 amide bonds. The molecule has 3 N–H and O–H groups in total. The van der Waals surface area contributed by atoms with Crippen molar-refractivity contribution in [1.82, 2.24) is 5.32 Å². The van der Waals surface area contributed by atoms with Crippen molar-refractivity contribution in [3.8, 4) is 0 Å². The molecule has 104 valence electrons. The van der Waals surface area contributed by atoms with Crippen LogP contribution in [0.5, 0.6) is 0 Å². The number of nitrogens with one attached hydrogen (secondary N) is 1. The highest BCUT2D eigenvalue weighted by Crippen LogP contribution is 2.30. The maximum atomic E-state index is 12.1. The van der Waals surface area contributed by atoms with Crippen LogP contribution < -0.4 is 10.5 Å². The van der Waals surface area contributed by atoms with Crippen LogP contribution in [0.3, 0.4) is 0 Å². The van der Waals surface area contributed by atoms with Crippen LogP contribution >= 0.6 is 11.6 Å². The predicted molar refractivity (Wildman–Crippen MR) is 72.6 cm³/mol. The number of primary sulfonamides is 1. The monoisotopic (exact) mass is 302 g/mol. The summed E-state index contributed by atoms with van der Waals surface area (Å²) in [6.07, 6.45) is 0.938. The fourth-order valence-corrected chi connectivity index (χ4v) is 3.07. The standard InChI is InChI=1S/C12H15ClN2O3S/c1-6-3-10(6)15-12(16)9-4-8(13)5-11(7(9)2)19(14,17)18/h4-6,10H,3H2,1-2H3,(H,15,16)(H2,14,17,18). The number of halogens is 1. The van der Waals surface area contributed by atoms with E-state index >= 15 is 0 Å². The number of sulfonamides is 1. The molecule has 0 aromatic heterocycles. The van der Waals surface area contributed by atoms with Crippen LogP contribution in [0.1, 0.15) is 29.3 Å². The molecular weight excluding hydrogens is 288 g/mol. The molecule has 1 aliphatic carbocycles. The van der Waals surface area contributed by atoms with E-state index in [0.29, 0.717) is 11.5 Å². The zero-order valence-corrected chi connectivity index (χ0v) is 12.2. The molecule has 0 aliphatic heterocycles. The summed E-state index contributed by atoms with van der Waals surface area (Å²) in [7, 11) is -3.90. The third kappa shape index (κ3) is 3.08. The normalized spacial score (nSPS) is 22.1. The van der Waals surface area contributed by atoms with Crippen LogP contribution in [0.2, 0.25) is 5.02 Å². The highest BCUT2D eigenvalue weighted by atomic mass is 35.5. The molecule has 5 nitrogen and oxygen atoms in total. The van der Waals surface area contributed by atoms with E-state index in [2.05, 4.69) is 5.32 Å². The molecule has 19 heavy (non-hydrogen) atoms. The summed E-state index contributed by atoms with van der Waals surface area (Å²) >= 11 is 5.85. The van der Waals surface area contributed by atoms with Gasteiger partial charge in [0.1, 0.15) is 0 Å². The van der Waals surface area contributed by atoms with Crippen LogP contribution in [0, 0.1) is 12.8 Å².